The minimum Gasteiger partial charge on any atom is -0.508 e. The summed E-state index contributed by atoms with van der Waals surface area (Å²) in [6.07, 6.45) is 7.94. The van der Waals surface area contributed by atoms with Crippen LogP contribution in [0, 0.1) is 5.41 Å². The van der Waals surface area contributed by atoms with Crippen molar-refractivity contribution < 1.29 is 14.6 Å². The summed E-state index contributed by atoms with van der Waals surface area (Å²) >= 11 is 0. The first-order chi connectivity index (χ1) is 15.7. The lowest BCUT2D eigenvalue weighted by Gasteiger charge is -2.29. The number of aromatic nitrogens is 4. The highest BCUT2D eigenvalue weighted by atomic mass is 16.5. The van der Waals surface area contributed by atoms with Gasteiger partial charge in [0.2, 0.25) is 5.88 Å². The number of benzene rings is 2. The molecular formula is C24H23N5O3. The molecule has 162 valence electrons. The second kappa shape index (κ2) is 8.22. The van der Waals surface area contributed by atoms with E-state index in [2.05, 4.69) is 9.97 Å². The van der Waals surface area contributed by atoms with Gasteiger partial charge in [-0.2, -0.15) is 0 Å². The molecule has 0 unspecified atom stereocenters. The number of aryl methyl sites for hydroxylation is 2. The molecule has 8 heteroatoms. The van der Waals surface area contributed by atoms with E-state index < -0.39 is 0 Å². The molecule has 0 aliphatic carbocycles. The molecule has 0 radical (unpaired) electrons. The van der Waals surface area contributed by atoms with Crippen molar-refractivity contribution in [1.82, 2.24) is 19.1 Å². The highest BCUT2D eigenvalue weighted by Gasteiger charge is 2.33. The number of imidazole rings is 1. The van der Waals surface area contributed by atoms with E-state index >= 15 is 0 Å². The Kier molecular flexibility index (Phi) is 5.10. The van der Waals surface area contributed by atoms with Crippen LogP contribution in [0.5, 0.6) is 23.1 Å². The third kappa shape index (κ3) is 3.49. The number of ether oxygens (including phenoxy) is 2. The van der Waals surface area contributed by atoms with Gasteiger partial charge in [0.1, 0.15) is 29.1 Å². The third-order valence-electron chi connectivity index (χ3n) is 5.72. The summed E-state index contributed by atoms with van der Waals surface area (Å²) in [6.45, 7) is 1.44. The molecule has 0 saturated carbocycles. The Morgan fingerprint density at radius 3 is 2.81 bits per heavy atom. The zero-order chi connectivity index (χ0) is 22.1. The van der Waals surface area contributed by atoms with Crippen molar-refractivity contribution in [2.75, 3.05) is 7.11 Å². The van der Waals surface area contributed by atoms with E-state index in [1.54, 1.807) is 38.1 Å². The summed E-state index contributed by atoms with van der Waals surface area (Å²) in [7, 11) is 1.64. The van der Waals surface area contributed by atoms with Gasteiger partial charge in [0.05, 0.1) is 24.9 Å². The van der Waals surface area contributed by atoms with Crippen LogP contribution < -0.4 is 15.0 Å². The molecule has 0 fully saturated rings. The quantitative estimate of drug-likeness (QED) is 0.429. The lowest BCUT2D eigenvalue weighted by molar-refractivity contribution is 0.397. The first-order valence-electron chi connectivity index (χ1n) is 10.4. The Balaban J connectivity index is 1.59. The zero-order valence-electron chi connectivity index (χ0n) is 17.6. The first-order valence-corrected chi connectivity index (χ1v) is 10.4. The minimum absolute atomic E-state index is 0.113. The van der Waals surface area contributed by atoms with Crippen molar-refractivity contribution in [3.63, 3.8) is 0 Å². The topological polar surface area (TPSA) is 98.2 Å². The highest BCUT2D eigenvalue weighted by Crippen LogP contribution is 2.47. The molecular weight excluding hydrogens is 406 g/mol. The molecule has 32 heavy (non-hydrogen) atoms. The van der Waals surface area contributed by atoms with Gasteiger partial charge in [-0.3, -0.25) is 5.41 Å². The second-order valence-corrected chi connectivity index (χ2v) is 7.66. The van der Waals surface area contributed by atoms with Gasteiger partial charge in [-0.25, -0.2) is 9.97 Å². The zero-order valence-corrected chi connectivity index (χ0v) is 17.6. The molecule has 2 aromatic heterocycles. The van der Waals surface area contributed by atoms with Gasteiger partial charge in [0.25, 0.3) is 0 Å². The van der Waals surface area contributed by atoms with E-state index in [1.165, 1.54) is 0 Å². The fourth-order valence-electron chi connectivity index (χ4n) is 4.20. The van der Waals surface area contributed by atoms with Gasteiger partial charge < -0.3 is 23.7 Å². The van der Waals surface area contributed by atoms with Gasteiger partial charge in [-0.05, 0) is 18.6 Å². The summed E-state index contributed by atoms with van der Waals surface area (Å²) in [4.78, 5) is 8.61. The van der Waals surface area contributed by atoms with Crippen LogP contribution >= 0.6 is 0 Å². The van der Waals surface area contributed by atoms with E-state index in [0.717, 1.165) is 29.8 Å². The molecule has 1 atom stereocenters. The van der Waals surface area contributed by atoms with Gasteiger partial charge in [-0.15, -0.1) is 0 Å². The van der Waals surface area contributed by atoms with Crippen LogP contribution in [0.4, 0.5) is 0 Å². The normalized spacial score (nSPS) is 14.3. The number of hydrogen-bond donors (Lipinski definition) is 2. The Hall–Kier alpha value is -4.07. The predicted molar refractivity (Wildman–Crippen MR) is 117 cm³/mol. The van der Waals surface area contributed by atoms with Crippen LogP contribution in [0.3, 0.4) is 0 Å². The maximum Gasteiger partial charge on any atom is 0.228 e. The van der Waals surface area contributed by atoms with Crippen LogP contribution in [0.2, 0.25) is 0 Å². The molecule has 0 spiro atoms. The van der Waals surface area contributed by atoms with Crippen molar-refractivity contribution in [2.24, 2.45) is 0 Å². The van der Waals surface area contributed by atoms with Crippen molar-refractivity contribution in [3.8, 4) is 23.1 Å². The van der Waals surface area contributed by atoms with E-state index in [4.69, 9.17) is 14.9 Å². The van der Waals surface area contributed by atoms with Crippen molar-refractivity contribution in [1.29, 1.82) is 5.41 Å². The number of nitrogens with zero attached hydrogens (tertiary/aromatic N) is 4. The monoisotopic (exact) mass is 429 g/mol. The lowest BCUT2D eigenvalue weighted by atomic mass is 9.83. The van der Waals surface area contributed by atoms with Crippen LogP contribution in [0.1, 0.15) is 29.0 Å². The summed E-state index contributed by atoms with van der Waals surface area (Å²) in [5, 5.41) is 19.0. The standard InChI is InChI=1S/C24H23N5O3/c1-31-19-6-3-2-5-17(19)21-18-8-7-16(30)13-20(18)32-24-22(21)23(25)29(15-27-24)11-4-10-28-12-9-26-14-28/h2-3,5-9,12-15,21,25,30H,4,10-11H2,1H3/t21-/m0/s1. The SMILES string of the molecule is COc1ccccc1[C@H]1c2ccc(O)cc2Oc2ncn(CCCn3ccnc3)c(=N)c21. The number of aromatic hydroxyl groups is 1. The van der Waals surface area contributed by atoms with Crippen molar-refractivity contribution in [2.45, 2.75) is 25.4 Å². The summed E-state index contributed by atoms with van der Waals surface area (Å²) < 4.78 is 15.5. The number of phenols is 1. The predicted octanol–water partition coefficient (Wildman–Crippen LogP) is 3.65. The summed E-state index contributed by atoms with van der Waals surface area (Å²) in [5.41, 5.74) is 2.79. The molecule has 2 N–H and O–H groups in total. The Bertz CT molecular complexity index is 1310. The smallest absolute Gasteiger partial charge is 0.228 e. The fraction of sp³-hybridized carbons (Fsp3) is 0.208. The Labute approximate surface area is 184 Å². The summed E-state index contributed by atoms with van der Waals surface area (Å²) in [6, 6.07) is 12.8. The van der Waals surface area contributed by atoms with E-state index in [9.17, 15) is 5.11 Å². The first kappa shape index (κ1) is 19.9. The number of rotatable bonds is 6. The number of fused-ring (bicyclic) bond motifs is 2. The summed E-state index contributed by atoms with van der Waals surface area (Å²) in [5.74, 6) is 1.42. The maximum atomic E-state index is 10.00. The van der Waals surface area contributed by atoms with E-state index in [1.807, 2.05) is 45.7 Å². The molecule has 1 aliphatic heterocycles. The molecule has 0 amide bonds. The number of para-hydroxylation sites is 1. The van der Waals surface area contributed by atoms with E-state index in [-0.39, 0.29) is 11.7 Å². The van der Waals surface area contributed by atoms with Gasteiger partial charge in [0, 0.05) is 42.7 Å². The van der Waals surface area contributed by atoms with Gasteiger partial charge in [-0.1, -0.05) is 24.3 Å². The van der Waals surface area contributed by atoms with Gasteiger partial charge >= 0.3 is 0 Å². The number of hydrogen-bond acceptors (Lipinski definition) is 6. The van der Waals surface area contributed by atoms with Crippen LogP contribution in [0.15, 0.2) is 67.5 Å². The van der Waals surface area contributed by atoms with Crippen molar-refractivity contribution >= 4 is 0 Å². The van der Waals surface area contributed by atoms with Crippen molar-refractivity contribution in [3.05, 3.63) is 89.7 Å². The highest BCUT2D eigenvalue weighted by molar-refractivity contribution is 5.59. The number of methoxy groups -OCH3 is 1. The molecule has 4 aromatic rings. The molecule has 0 bridgehead atoms. The van der Waals surface area contributed by atoms with Gasteiger partial charge in [0.15, 0.2) is 0 Å². The third-order valence-corrected chi connectivity index (χ3v) is 5.72. The molecule has 8 nitrogen and oxygen atoms in total. The Morgan fingerprint density at radius 2 is 2.00 bits per heavy atom. The second-order valence-electron chi connectivity index (χ2n) is 7.66. The van der Waals surface area contributed by atoms with Crippen LogP contribution in [0.25, 0.3) is 0 Å². The molecule has 1 aliphatic rings. The Morgan fingerprint density at radius 1 is 1.12 bits per heavy atom. The minimum atomic E-state index is -0.313. The maximum absolute atomic E-state index is 10.00. The average Bonchev–Trinajstić information content (AvgIpc) is 3.32. The molecule has 3 heterocycles. The molecule has 2 aromatic carbocycles. The largest absolute Gasteiger partial charge is 0.508 e. The average molecular weight is 429 g/mol. The lowest BCUT2D eigenvalue weighted by Crippen LogP contribution is -2.30. The number of phenolic OH excluding ortho intramolecular Hbond substituents is 1. The fourth-order valence-corrected chi connectivity index (χ4v) is 4.20. The molecule has 0 saturated heterocycles. The molecule has 5 rings (SSSR count). The van der Waals surface area contributed by atoms with Crippen LogP contribution in [-0.2, 0) is 13.1 Å². The number of nitrogens with one attached hydrogen (secondary N) is 1. The van der Waals surface area contributed by atoms with Crippen LogP contribution in [-0.4, -0.2) is 31.3 Å². The van der Waals surface area contributed by atoms with E-state index in [0.29, 0.717) is 29.2 Å².